The van der Waals surface area contributed by atoms with Gasteiger partial charge in [0.25, 0.3) is 0 Å². The molecule has 0 amide bonds. The van der Waals surface area contributed by atoms with Gasteiger partial charge in [-0.3, -0.25) is 0 Å². The van der Waals surface area contributed by atoms with E-state index >= 15 is 0 Å². The molecule has 0 atom stereocenters. The van der Waals surface area contributed by atoms with Gasteiger partial charge in [-0.25, -0.2) is 0 Å². The molecule has 0 radical (unpaired) electrons. The second-order valence-electron chi connectivity index (χ2n) is 5.24. The fourth-order valence-electron chi connectivity index (χ4n) is 2.46. The summed E-state index contributed by atoms with van der Waals surface area (Å²) in [7, 11) is 0. The van der Waals surface area contributed by atoms with Gasteiger partial charge in [0, 0.05) is 0 Å². The molecule has 1 nitrogen and oxygen atoms in total. The molecule has 0 saturated heterocycles. The van der Waals surface area contributed by atoms with E-state index < -0.39 is 0 Å². The van der Waals surface area contributed by atoms with E-state index in [0.29, 0.717) is 6.54 Å². The third-order valence-corrected chi connectivity index (χ3v) is 3.69. The number of allylic oxidation sites excluding steroid dienone is 4. The van der Waals surface area contributed by atoms with Gasteiger partial charge in [0.15, 0.2) is 0 Å². The van der Waals surface area contributed by atoms with Crippen LogP contribution in [0.1, 0.15) is 37.3 Å². The minimum absolute atomic E-state index is 0. The maximum atomic E-state index is 6.60. The fourth-order valence-corrected chi connectivity index (χ4v) is 2.46. The second kappa shape index (κ2) is 13.6. The van der Waals surface area contributed by atoms with Gasteiger partial charge < -0.3 is 5.73 Å². The molecule has 4 heteroatoms. The molecule has 0 unspecified atom stereocenters. The van der Waals surface area contributed by atoms with Gasteiger partial charge in [-0.15, -0.1) is 47.9 Å². The molecule has 2 aromatic carbocycles. The summed E-state index contributed by atoms with van der Waals surface area (Å²) in [5, 5.41) is 2.52. The number of hydrogen-bond donors (Lipinski definition) is 0. The van der Waals surface area contributed by atoms with E-state index in [0.717, 1.165) is 24.8 Å². The summed E-state index contributed by atoms with van der Waals surface area (Å²) in [6, 6.07) is 12.8. The van der Waals surface area contributed by atoms with Crippen LogP contribution in [0.3, 0.4) is 0 Å². The van der Waals surface area contributed by atoms with Gasteiger partial charge in [-0.1, -0.05) is 73.2 Å². The number of fused-ring (bicyclic) bond motifs is 1. The third-order valence-electron chi connectivity index (χ3n) is 3.69. The van der Waals surface area contributed by atoms with E-state index in [1.165, 1.54) is 21.9 Å². The molecule has 24 heavy (non-hydrogen) atoms. The predicted molar refractivity (Wildman–Crippen MR) is 109 cm³/mol. The number of halogens is 2. The van der Waals surface area contributed by atoms with Crippen molar-refractivity contribution in [1.29, 1.82) is 0 Å². The number of rotatable bonds is 3. The Bertz CT molecular complexity index is 664. The second-order valence-corrected chi connectivity index (χ2v) is 5.24. The number of nitrogens with one attached hydrogen (secondary N) is 1. The summed E-state index contributed by atoms with van der Waals surface area (Å²) in [5.74, 6) is 0. The molecular weight excluding hydrogens is 373 g/mol. The Morgan fingerprint density at radius 3 is 2.33 bits per heavy atom. The van der Waals surface area contributed by atoms with Crippen LogP contribution in [0.4, 0.5) is 0 Å². The Kier molecular flexibility index (Phi) is 14.5. The van der Waals surface area contributed by atoms with Crippen molar-refractivity contribution in [2.75, 3.05) is 6.54 Å². The van der Waals surface area contributed by atoms with Crippen LogP contribution < -0.4 is 0 Å². The van der Waals surface area contributed by atoms with Crippen LogP contribution in [-0.4, -0.2) is 6.54 Å². The molecule has 0 aliphatic heterocycles. The Morgan fingerprint density at radius 1 is 1.08 bits per heavy atom. The van der Waals surface area contributed by atoms with Crippen molar-refractivity contribution in [3.8, 4) is 0 Å². The maximum absolute atomic E-state index is 6.60. The van der Waals surface area contributed by atoms with Gasteiger partial charge in [0.1, 0.15) is 0 Å². The van der Waals surface area contributed by atoms with Gasteiger partial charge in [-0.05, 0) is 6.42 Å². The van der Waals surface area contributed by atoms with E-state index in [1.54, 1.807) is 0 Å². The minimum atomic E-state index is 0. The normalized spacial score (nSPS) is 11.3. The van der Waals surface area contributed by atoms with Gasteiger partial charge in [0.2, 0.25) is 0 Å². The zero-order chi connectivity index (χ0) is 15.1. The molecule has 1 aliphatic rings. The molecule has 2 aromatic rings. The first-order valence-corrected chi connectivity index (χ1v) is 7.62. The molecule has 1 N–H and O–H groups in total. The molecule has 0 fully saturated rings. The summed E-state index contributed by atoms with van der Waals surface area (Å²) in [5.41, 5.74) is 10.4. The quantitative estimate of drug-likeness (QED) is 0.391. The number of benzene rings is 2. The van der Waals surface area contributed by atoms with Crippen LogP contribution >= 0.6 is 24.8 Å². The molecule has 0 saturated carbocycles. The summed E-state index contributed by atoms with van der Waals surface area (Å²) in [6.45, 7) is 6.91. The summed E-state index contributed by atoms with van der Waals surface area (Å²) in [6.07, 6.45) is 9.72. The van der Waals surface area contributed by atoms with Crippen LogP contribution in [-0.2, 0) is 21.7 Å². The topological polar surface area (TPSA) is 23.8 Å². The monoisotopic (exact) mass is 397 g/mol. The van der Waals surface area contributed by atoms with Crippen LogP contribution in [0.25, 0.3) is 22.1 Å². The van der Waals surface area contributed by atoms with Gasteiger partial charge in [-0.2, -0.15) is 19.0 Å². The Labute approximate surface area is 173 Å². The number of unbranched alkanes of at least 4 members (excludes halogenated alkanes) is 1. The summed E-state index contributed by atoms with van der Waals surface area (Å²) >= 11 is 0. The minimum Gasteiger partial charge on any atom is -0.677 e. The van der Waals surface area contributed by atoms with E-state index in [2.05, 4.69) is 68.5 Å². The number of hydrogen-bond acceptors (Lipinski definition) is 0. The third kappa shape index (κ3) is 6.66. The zero-order valence-corrected chi connectivity index (χ0v) is 17.2. The van der Waals surface area contributed by atoms with Crippen LogP contribution in [0.15, 0.2) is 54.6 Å². The first kappa shape index (κ1) is 25.5. The molecule has 0 spiro atoms. The van der Waals surface area contributed by atoms with Crippen LogP contribution in [0.5, 0.6) is 0 Å². The van der Waals surface area contributed by atoms with Crippen molar-refractivity contribution in [2.24, 2.45) is 0 Å². The Morgan fingerprint density at radius 2 is 1.79 bits per heavy atom. The average molecular weight is 398 g/mol. The average Bonchev–Trinajstić information content (AvgIpc) is 3.03. The predicted octanol–water partition coefficient (Wildman–Crippen LogP) is 7.05. The molecule has 3 rings (SSSR count). The fraction of sp³-hybridized carbons (Fsp3) is 0.250. The van der Waals surface area contributed by atoms with E-state index in [1.807, 2.05) is 0 Å². The smallest absolute Gasteiger partial charge is 0.677 e. The van der Waals surface area contributed by atoms with Crippen molar-refractivity contribution in [3.63, 3.8) is 0 Å². The summed E-state index contributed by atoms with van der Waals surface area (Å²) < 4.78 is 0. The van der Waals surface area contributed by atoms with E-state index in [-0.39, 0.29) is 46.5 Å². The zero-order valence-electron chi connectivity index (χ0n) is 14.0. The largest absolute Gasteiger partial charge is 2.00 e. The van der Waals surface area contributed by atoms with Crippen molar-refractivity contribution in [3.05, 3.63) is 78.4 Å². The summed E-state index contributed by atoms with van der Waals surface area (Å²) in [4.78, 5) is 0. The van der Waals surface area contributed by atoms with Crippen molar-refractivity contribution in [2.45, 2.75) is 26.2 Å². The van der Waals surface area contributed by atoms with Gasteiger partial charge >= 0.3 is 21.7 Å². The van der Waals surface area contributed by atoms with Crippen molar-refractivity contribution < 1.29 is 21.7 Å². The molecule has 0 heterocycles. The van der Waals surface area contributed by atoms with E-state index in [9.17, 15) is 0 Å². The van der Waals surface area contributed by atoms with Crippen LogP contribution in [0, 0.1) is 6.92 Å². The SMILES string of the molecule is CCCC[NH-].Cl.Cl.[CH2-]c1c(C2=CC=CC2)ccc2ccccc12.[Ti+2]. The standard InChI is InChI=1S/C16H13.C4H10N.2ClH.Ti/c1-12-15-9-5-4-8-14(15)10-11-16(12)13-6-2-3-7-13;1-2-3-4-5;;;/h2-6,8-11H,1,7H2;5H,2-4H2,1H3;2*1H;/q2*-1;;;+2. The van der Waals surface area contributed by atoms with Crippen molar-refractivity contribution >= 4 is 41.2 Å². The van der Waals surface area contributed by atoms with E-state index in [4.69, 9.17) is 5.73 Å². The van der Waals surface area contributed by atoms with Crippen molar-refractivity contribution in [1.82, 2.24) is 0 Å². The first-order chi connectivity index (χ1) is 10.3. The Balaban J connectivity index is 0. The first-order valence-electron chi connectivity index (χ1n) is 7.62. The van der Waals surface area contributed by atoms with Gasteiger partial charge in [0.05, 0.1) is 0 Å². The maximum Gasteiger partial charge on any atom is 2.00 e. The Hall–Kier alpha value is -0.696. The molecule has 0 aromatic heterocycles. The van der Waals surface area contributed by atoms with Crippen LogP contribution in [0.2, 0.25) is 0 Å². The molecule has 1 aliphatic carbocycles. The molecular formula is C20H25Cl2NTi. The molecule has 128 valence electrons. The molecule has 0 bridgehead atoms.